The van der Waals surface area contributed by atoms with Crippen molar-refractivity contribution in [2.45, 2.75) is 45.7 Å². The second-order valence-electron chi connectivity index (χ2n) is 8.14. The van der Waals surface area contributed by atoms with Crippen LogP contribution in [0, 0.1) is 6.92 Å². The molecular weight excluding hydrogens is 406 g/mol. The summed E-state index contributed by atoms with van der Waals surface area (Å²) in [5, 5.41) is 12.4. The minimum Gasteiger partial charge on any atom is -0.321 e. The number of anilines is 1. The molecule has 1 aliphatic carbocycles. The zero-order chi connectivity index (χ0) is 22.8. The Balaban J connectivity index is 1.55. The first kappa shape index (κ1) is 21.4. The van der Waals surface area contributed by atoms with Crippen LogP contribution in [0.5, 0.6) is 0 Å². The summed E-state index contributed by atoms with van der Waals surface area (Å²) in [7, 11) is 0. The summed E-state index contributed by atoms with van der Waals surface area (Å²) in [4.78, 5) is 21.6. The predicted molar refractivity (Wildman–Crippen MR) is 123 cm³/mol. The van der Waals surface area contributed by atoms with E-state index in [0.717, 1.165) is 29.5 Å². The number of amides is 1. The third kappa shape index (κ3) is 4.45. The van der Waals surface area contributed by atoms with Crippen LogP contribution < -0.4 is 17.0 Å². The number of hydrazine groups is 1. The number of aromatic nitrogens is 4. The summed E-state index contributed by atoms with van der Waals surface area (Å²) >= 11 is 0. The van der Waals surface area contributed by atoms with E-state index in [2.05, 4.69) is 25.5 Å². The number of nitrogens with one attached hydrogen (secondary N) is 1. The number of nitrogens with two attached hydrogens (primary N) is 2. The summed E-state index contributed by atoms with van der Waals surface area (Å²) in [6.45, 7) is 5.78. The maximum absolute atomic E-state index is 12.9. The molecule has 0 radical (unpaired) electrons. The molecule has 3 aromatic rings. The van der Waals surface area contributed by atoms with Crippen molar-refractivity contribution in [3.63, 3.8) is 0 Å². The summed E-state index contributed by atoms with van der Waals surface area (Å²) in [5.41, 5.74) is 3.59. The average Bonchev–Trinajstić information content (AvgIpc) is 3.51. The van der Waals surface area contributed by atoms with E-state index in [9.17, 15) is 4.79 Å². The van der Waals surface area contributed by atoms with E-state index in [0.29, 0.717) is 23.4 Å². The van der Waals surface area contributed by atoms with Gasteiger partial charge in [0.05, 0.1) is 12.2 Å². The predicted octanol–water partition coefficient (Wildman–Crippen LogP) is 2.44. The number of pyridine rings is 2. The van der Waals surface area contributed by atoms with E-state index in [1.165, 1.54) is 5.01 Å². The molecule has 0 aliphatic heterocycles. The number of hydrazone groups is 1. The normalized spacial score (nSPS) is 14.0. The monoisotopic (exact) mass is 433 g/mol. The largest absolute Gasteiger partial charge is 0.321 e. The third-order valence-corrected chi connectivity index (χ3v) is 5.31. The second kappa shape index (κ2) is 8.75. The Morgan fingerprint density at radius 3 is 2.75 bits per heavy atom. The van der Waals surface area contributed by atoms with Crippen molar-refractivity contribution in [1.29, 1.82) is 0 Å². The van der Waals surface area contributed by atoms with E-state index < -0.39 is 0 Å². The number of carbonyl (C=O) groups is 1. The first-order chi connectivity index (χ1) is 15.4. The van der Waals surface area contributed by atoms with Gasteiger partial charge in [0.15, 0.2) is 5.84 Å². The third-order valence-electron chi connectivity index (χ3n) is 5.31. The fourth-order valence-corrected chi connectivity index (χ4v) is 3.29. The molecule has 5 N–H and O–H groups in total. The Kier molecular flexibility index (Phi) is 5.87. The summed E-state index contributed by atoms with van der Waals surface area (Å²) in [6.07, 6.45) is 7.86. The highest BCUT2D eigenvalue weighted by Gasteiger charge is 2.24. The summed E-state index contributed by atoms with van der Waals surface area (Å²) in [5.74, 6) is 11.8. The van der Waals surface area contributed by atoms with Gasteiger partial charge in [-0.25, -0.2) is 10.8 Å². The number of hydrogen-bond donors (Lipinski definition) is 3. The molecule has 0 atom stereocenters. The molecule has 0 bridgehead atoms. The smallest absolute Gasteiger partial charge is 0.275 e. The van der Waals surface area contributed by atoms with Crippen LogP contribution in [0.1, 0.15) is 54.5 Å². The quantitative estimate of drug-likeness (QED) is 0.235. The lowest BCUT2D eigenvalue weighted by molar-refractivity contribution is 0.102. The van der Waals surface area contributed by atoms with Gasteiger partial charge >= 0.3 is 0 Å². The highest BCUT2D eigenvalue weighted by atomic mass is 16.1. The number of aryl methyl sites for hydroxylation is 1. The van der Waals surface area contributed by atoms with Crippen LogP contribution in [0.3, 0.4) is 0 Å². The van der Waals surface area contributed by atoms with E-state index in [4.69, 9.17) is 11.7 Å². The van der Waals surface area contributed by atoms with Gasteiger partial charge in [0, 0.05) is 24.0 Å². The molecule has 1 fully saturated rings. The van der Waals surface area contributed by atoms with Crippen LogP contribution in [0.2, 0.25) is 0 Å². The highest BCUT2D eigenvalue weighted by Crippen LogP contribution is 2.35. The number of hydrogen-bond acceptors (Lipinski definition) is 7. The zero-order valence-corrected chi connectivity index (χ0v) is 18.4. The number of carbonyl (C=O) groups excluding carboxylic acids is 1. The van der Waals surface area contributed by atoms with Gasteiger partial charge in [0.25, 0.3) is 5.91 Å². The van der Waals surface area contributed by atoms with Crippen molar-refractivity contribution in [2.75, 3.05) is 5.32 Å². The Bertz CT molecular complexity index is 1160. The summed E-state index contributed by atoms with van der Waals surface area (Å²) < 4.78 is 1.98. The lowest BCUT2D eigenvalue weighted by Gasteiger charge is -2.23. The minimum atomic E-state index is -0.370. The lowest BCUT2D eigenvalue weighted by atomic mass is 10.0. The molecule has 10 heteroatoms. The molecule has 10 nitrogen and oxygen atoms in total. The highest BCUT2D eigenvalue weighted by molar-refractivity contribution is 6.03. The zero-order valence-electron chi connectivity index (χ0n) is 18.4. The van der Waals surface area contributed by atoms with Crippen molar-refractivity contribution in [2.24, 2.45) is 16.8 Å². The van der Waals surface area contributed by atoms with Crippen molar-refractivity contribution < 1.29 is 4.79 Å². The van der Waals surface area contributed by atoms with Crippen molar-refractivity contribution >= 4 is 17.6 Å². The van der Waals surface area contributed by atoms with Crippen LogP contribution in [0.15, 0.2) is 48.0 Å². The van der Waals surface area contributed by atoms with Gasteiger partial charge in [-0.3, -0.25) is 19.5 Å². The minimum absolute atomic E-state index is 0.0307. The molecule has 0 unspecified atom stereocenters. The van der Waals surface area contributed by atoms with Crippen molar-refractivity contribution in [1.82, 2.24) is 24.8 Å². The maximum atomic E-state index is 12.9. The molecule has 1 amide bonds. The van der Waals surface area contributed by atoms with E-state index in [1.54, 1.807) is 30.5 Å². The second-order valence-corrected chi connectivity index (χ2v) is 8.14. The summed E-state index contributed by atoms with van der Waals surface area (Å²) in [6, 6.07) is 7.39. The Morgan fingerprint density at radius 2 is 2.06 bits per heavy atom. The van der Waals surface area contributed by atoms with E-state index in [-0.39, 0.29) is 17.6 Å². The molecule has 0 saturated heterocycles. The Morgan fingerprint density at radius 1 is 1.28 bits per heavy atom. The first-order valence-corrected chi connectivity index (χ1v) is 10.5. The van der Waals surface area contributed by atoms with Crippen LogP contribution in [0.25, 0.3) is 11.1 Å². The van der Waals surface area contributed by atoms with Crippen LogP contribution in [-0.2, 0) is 0 Å². The molecule has 3 heterocycles. The average molecular weight is 434 g/mol. The SMILES string of the molecule is Cc1cnc(C(=O)Nc2cccc(/C(=N/N)N(N)C(C)C)n2)cc1-c1cnn(C2CC2)c1. The van der Waals surface area contributed by atoms with Crippen LogP contribution in [-0.4, -0.2) is 42.5 Å². The molecule has 166 valence electrons. The van der Waals surface area contributed by atoms with Gasteiger partial charge in [0.1, 0.15) is 17.2 Å². The topological polar surface area (TPSA) is 140 Å². The van der Waals surface area contributed by atoms with Gasteiger partial charge in [-0.1, -0.05) is 6.07 Å². The van der Waals surface area contributed by atoms with Gasteiger partial charge in [0.2, 0.25) is 0 Å². The molecule has 0 aromatic carbocycles. The number of amidine groups is 1. The van der Waals surface area contributed by atoms with Gasteiger partial charge in [-0.2, -0.15) is 10.2 Å². The molecule has 3 aromatic heterocycles. The maximum Gasteiger partial charge on any atom is 0.275 e. The number of nitrogens with zero attached hydrogens (tertiary/aromatic N) is 6. The van der Waals surface area contributed by atoms with Gasteiger partial charge in [-0.15, -0.1) is 0 Å². The van der Waals surface area contributed by atoms with Crippen LogP contribution in [0.4, 0.5) is 5.82 Å². The number of rotatable bonds is 6. The van der Waals surface area contributed by atoms with Gasteiger partial charge in [-0.05, 0) is 62.9 Å². The first-order valence-electron chi connectivity index (χ1n) is 10.5. The van der Waals surface area contributed by atoms with E-state index >= 15 is 0 Å². The Hall–Kier alpha value is -3.79. The fourth-order valence-electron chi connectivity index (χ4n) is 3.29. The molecule has 1 saturated carbocycles. The standard InChI is InChI=1S/C22H27N9O/c1-13(2)31(24)21(29-23)18-5-4-6-20(27-18)28-22(32)19-9-17(14(3)10-25-19)15-11-26-30(12-15)16-7-8-16/h4-6,9-13,16H,7-8,23-24H2,1-3H3,(H,27,28,32)/b29-21-. The molecular formula is C22H27N9O. The van der Waals surface area contributed by atoms with Gasteiger partial charge < -0.3 is 11.2 Å². The van der Waals surface area contributed by atoms with Crippen molar-refractivity contribution in [3.8, 4) is 11.1 Å². The molecule has 4 rings (SSSR count). The fraction of sp³-hybridized carbons (Fsp3) is 0.318. The Labute approximate surface area is 186 Å². The van der Waals surface area contributed by atoms with Crippen LogP contribution >= 0.6 is 0 Å². The lowest BCUT2D eigenvalue weighted by Crippen LogP contribution is -2.44. The molecule has 1 aliphatic rings. The van der Waals surface area contributed by atoms with E-state index in [1.807, 2.05) is 37.8 Å². The molecule has 32 heavy (non-hydrogen) atoms. The molecule has 0 spiro atoms. The van der Waals surface area contributed by atoms with Crippen molar-refractivity contribution in [3.05, 3.63) is 59.8 Å².